The standard InChI is InChI=1S/C18H19N3O4S/c22-14-10-21(18(16(24)20-14)8-4-1-5-9-18)15(23)11-26-17-19-12-6-2-3-7-13(12)25-17/h2-3,6-7H,1,4-5,8-11H2,(H,20,22,24). The van der Waals surface area contributed by atoms with Crippen molar-refractivity contribution in [3.8, 4) is 0 Å². The summed E-state index contributed by atoms with van der Waals surface area (Å²) in [5.41, 5.74) is 0.517. The summed E-state index contributed by atoms with van der Waals surface area (Å²) in [7, 11) is 0. The molecular formula is C18H19N3O4S. The third-order valence-electron chi connectivity index (χ3n) is 5.07. The Morgan fingerprint density at radius 2 is 2.00 bits per heavy atom. The van der Waals surface area contributed by atoms with Crippen LogP contribution < -0.4 is 5.32 Å². The van der Waals surface area contributed by atoms with Crippen molar-refractivity contribution in [1.82, 2.24) is 15.2 Å². The Kier molecular flexibility index (Phi) is 4.44. The largest absolute Gasteiger partial charge is 0.431 e. The Hall–Kier alpha value is -2.35. The number of amides is 3. The molecule has 0 atom stereocenters. The number of nitrogens with one attached hydrogen (secondary N) is 1. The van der Waals surface area contributed by atoms with Crippen LogP contribution in [0.4, 0.5) is 0 Å². The number of aromatic nitrogens is 1. The van der Waals surface area contributed by atoms with Crippen LogP contribution in [0.3, 0.4) is 0 Å². The average molecular weight is 373 g/mol. The lowest BCUT2D eigenvalue weighted by Gasteiger charge is -2.47. The second kappa shape index (κ2) is 6.75. The average Bonchev–Trinajstić information content (AvgIpc) is 3.07. The van der Waals surface area contributed by atoms with Gasteiger partial charge >= 0.3 is 0 Å². The van der Waals surface area contributed by atoms with E-state index in [2.05, 4.69) is 10.3 Å². The number of para-hydroxylation sites is 2. The van der Waals surface area contributed by atoms with Crippen LogP contribution in [0.15, 0.2) is 33.9 Å². The Balaban J connectivity index is 1.51. The van der Waals surface area contributed by atoms with Crippen LogP contribution in [0, 0.1) is 0 Å². The molecule has 1 aliphatic heterocycles. The van der Waals surface area contributed by atoms with E-state index in [-0.39, 0.29) is 24.1 Å². The number of imide groups is 1. The molecule has 7 nitrogen and oxygen atoms in total. The molecule has 0 radical (unpaired) electrons. The summed E-state index contributed by atoms with van der Waals surface area (Å²) in [5.74, 6) is -0.919. The Morgan fingerprint density at radius 1 is 1.23 bits per heavy atom. The van der Waals surface area contributed by atoms with Crippen molar-refractivity contribution in [2.45, 2.75) is 42.9 Å². The van der Waals surface area contributed by atoms with Crippen molar-refractivity contribution in [3.05, 3.63) is 24.3 Å². The fraction of sp³-hybridized carbons (Fsp3) is 0.444. The number of carbonyl (C=O) groups excluding carboxylic acids is 3. The Morgan fingerprint density at radius 3 is 2.77 bits per heavy atom. The van der Waals surface area contributed by atoms with Crippen LogP contribution in [0.25, 0.3) is 11.1 Å². The number of nitrogens with zero attached hydrogens (tertiary/aromatic N) is 2. The first-order valence-corrected chi connectivity index (χ1v) is 9.70. The van der Waals surface area contributed by atoms with E-state index in [9.17, 15) is 14.4 Å². The smallest absolute Gasteiger partial charge is 0.257 e. The van der Waals surface area contributed by atoms with Crippen molar-refractivity contribution in [1.29, 1.82) is 0 Å². The van der Waals surface area contributed by atoms with Gasteiger partial charge in [-0.2, -0.15) is 0 Å². The van der Waals surface area contributed by atoms with E-state index in [0.29, 0.717) is 23.6 Å². The normalized spacial score (nSPS) is 19.8. The van der Waals surface area contributed by atoms with E-state index >= 15 is 0 Å². The summed E-state index contributed by atoms with van der Waals surface area (Å²) >= 11 is 1.19. The second-order valence-electron chi connectivity index (χ2n) is 6.69. The molecule has 0 bridgehead atoms. The maximum atomic E-state index is 12.9. The van der Waals surface area contributed by atoms with Gasteiger partial charge in [-0.15, -0.1) is 0 Å². The van der Waals surface area contributed by atoms with E-state index in [1.54, 1.807) is 0 Å². The number of rotatable bonds is 3. The van der Waals surface area contributed by atoms with Crippen molar-refractivity contribution < 1.29 is 18.8 Å². The SMILES string of the molecule is O=C1CN(C(=O)CSc2nc3ccccc3o2)C2(CCCCC2)C(=O)N1. The topological polar surface area (TPSA) is 92.5 Å². The Bertz CT molecular complexity index is 839. The molecule has 1 aromatic carbocycles. The zero-order chi connectivity index (χ0) is 18.1. The van der Waals surface area contributed by atoms with Gasteiger partial charge in [0.1, 0.15) is 17.6 Å². The van der Waals surface area contributed by atoms with Crippen molar-refractivity contribution in [3.63, 3.8) is 0 Å². The van der Waals surface area contributed by atoms with Gasteiger partial charge in [-0.25, -0.2) is 4.98 Å². The molecule has 4 rings (SSSR count). The predicted octanol–water partition coefficient (Wildman–Crippen LogP) is 2.11. The molecule has 2 aliphatic rings. The fourth-order valence-electron chi connectivity index (χ4n) is 3.77. The number of hydrogen-bond donors (Lipinski definition) is 1. The lowest BCUT2D eigenvalue weighted by molar-refractivity contribution is -0.158. The minimum Gasteiger partial charge on any atom is -0.431 e. The van der Waals surface area contributed by atoms with E-state index in [1.165, 1.54) is 16.7 Å². The first-order valence-electron chi connectivity index (χ1n) is 8.72. The summed E-state index contributed by atoms with van der Waals surface area (Å²) < 4.78 is 5.62. The molecule has 3 amide bonds. The van der Waals surface area contributed by atoms with E-state index in [4.69, 9.17) is 4.42 Å². The first kappa shape index (κ1) is 17.1. The summed E-state index contributed by atoms with van der Waals surface area (Å²) in [6.45, 7) is -0.0707. The third-order valence-corrected chi connectivity index (χ3v) is 5.88. The van der Waals surface area contributed by atoms with Crippen molar-refractivity contribution in [2.75, 3.05) is 12.3 Å². The maximum absolute atomic E-state index is 12.9. The highest BCUT2D eigenvalue weighted by atomic mass is 32.2. The molecule has 2 fully saturated rings. The number of fused-ring (bicyclic) bond motifs is 1. The molecule has 1 aromatic heterocycles. The molecule has 1 N–H and O–H groups in total. The van der Waals surface area contributed by atoms with Gasteiger partial charge in [-0.05, 0) is 25.0 Å². The lowest BCUT2D eigenvalue weighted by Crippen LogP contribution is -2.69. The van der Waals surface area contributed by atoms with Crippen LogP contribution in [0.2, 0.25) is 0 Å². The molecule has 1 saturated heterocycles. The van der Waals surface area contributed by atoms with Gasteiger partial charge in [-0.3, -0.25) is 19.7 Å². The lowest BCUT2D eigenvalue weighted by atomic mass is 9.78. The molecular weight excluding hydrogens is 354 g/mol. The number of carbonyl (C=O) groups is 3. The molecule has 1 aliphatic carbocycles. The number of piperazine rings is 1. The minimum atomic E-state index is -0.884. The summed E-state index contributed by atoms with van der Waals surface area (Å²) in [4.78, 5) is 43.0. The summed E-state index contributed by atoms with van der Waals surface area (Å²) in [5, 5.41) is 2.81. The van der Waals surface area contributed by atoms with Crippen molar-refractivity contribution in [2.24, 2.45) is 0 Å². The second-order valence-corrected chi connectivity index (χ2v) is 7.61. The van der Waals surface area contributed by atoms with Crippen LogP contribution in [0.1, 0.15) is 32.1 Å². The zero-order valence-corrected chi connectivity index (χ0v) is 15.0. The predicted molar refractivity (Wildman–Crippen MR) is 95.4 cm³/mol. The van der Waals surface area contributed by atoms with E-state index in [1.807, 2.05) is 24.3 Å². The first-order chi connectivity index (χ1) is 12.6. The molecule has 0 unspecified atom stereocenters. The molecule has 8 heteroatoms. The number of thioether (sulfide) groups is 1. The monoisotopic (exact) mass is 373 g/mol. The maximum Gasteiger partial charge on any atom is 0.257 e. The van der Waals surface area contributed by atoms with Gasteiger partial charge < -0.3 is 9.32 Å². The van der Waals surface area contributed by atoms with Gasteiger partial charge in [-0.1, -0.05) is 43.2 Å². The van der Waals surface area contributed by atoms with Crippen molar-refractivity contribution >= 4 is 40.6 Å². The van der Waals surface area contributed by atoms with Gasteiger partial charge in [0.25, 0.3) is 11.1 Å². The molecule has 26 heavy (non-hydrogen) atoms. The van der Waals surface area contributed by atoms with Crippen LogP contribution in [-0.4, -0.2) is 45.4 Å². The molecule has 2 aromatic rings. The van der Waals surface area contributed by atoms with Crippen LogP contribution in [-0.2, 0) is 14.4 Å². The van der Waals surface area contributed by atoms with Gasteiger partial charge in [0.2, 0.25) is 11.8 Å². The number of hydrogen-bond acceptors (Lipinski definition) is 6. The van der Waals surface area contributed by atoms with Gasteiger partial charge in [0.05, 0.1) is 5.75 Å². The summed E-state index contributed by atoms with van der Waals surface area (Å²) in [6.07, 6.45) is 4.01. The van der Waals surface area contributed by atoms with Crippen LogP contribution >= 0.6 is 11.8 Å². The molecule has 1 saturated carbocycles. The van der Waals surface area contributed by atoms with E-state index < -0.39 is 11.4 Å². The zero-order valence-electron chi connectivity index (χ0n) is 14.2. The summed E-state index contributed by atoms with van der Waals surface area (Å²) in [6, 6.07) is 7.39. The number of oxazole rings is 1. The Labute approximate surface area is 154 Å². The van der Waals surface area contributed by atoms with Crippen LogP contribution in [0.5, 0.6) is 0 Å². The highest BCUT2D eigenvalue weighted by Gasteiger charge is 2.50. The third kappa shape index (κ3) is 2.98. The quantitative estimate of drug-likeness (QED) is 0.654. The minimum absolute atomic E-state index is 0.0707. The van der Waals surface area contributed by atoms with Gasteiger partial charge in [0, 0.05) is 0 Å². The molecule has 1 spiro atoms. The molecule has 136 valence electrons. The van der Waals surface area contributed by atoms with E-state index in [0.717, 1.165) is 24.8 Å². The van der Waals surface area contributed by atoms with Gasteiger partial charge in [0.15, 0.2) is 5.58 Å². The fourth-order valence-corrected chi connectivity index (χ4v) is 4.49. The number of benzene rings is 1. The molecule has 2 heterocycles. The highest BCUT2D eigenvalue weighted by Crippen LogP contribution is 2.36. The highest BCUT2D eigenvalue weighted by molar-refractivity contribution is 7.99.